The maximum atomic E-state index is 11.8. The van der Waals surface area contributed by atoms with Crippen LogP contribution in [0.4, 0.5) is 0 Å². The standard InChI is InChI=1S/C13H26N2OS/c1-3-5-6-12(14)13(16)15-10-7-8-11(9-10)17-4-2/h10-12H,3-9,14H2,1-2H3,(H,15,16)/t10?,11?,12-/m0/s1. The van der Waals surface area contributed by atoms with Crippen LogP contribution in [-0.2, 0) is 4.79 Å². The largest absolute Gasteiger partial charge is 0.352 e. The van der Waals surface area contributed by atoms with Crippen molar-refractivity contribution in [3.05, 3.63) is 0 Å². The second kappa shape index (κ2) is 7.98. The molecule has 1 saturated carbocycles. The van der Waals surface area contributed by atoms with Gasteiger partial charge in [0.25, 0.3) is 0 Å². The summed E-state index contributed by atoms with van der Waals surface area (Å²) in [6, 6.07) is 0.0482. The monoisotopic (exact) mass is 258 g/mol. The number of rotatable bonds is 7. The van der Waals surface area contributed by atoms with Gasteiger partial charge in [0, 0.05) is 11.3 Å². The molecule has 1 aliphatic rings. The Hall–Kier alpha value is -0.220. The molecule has 0 aromatic rings. The molecule has 100 valence electrons. The molecule has 0 aromatic carbocycles. The van der Waals surface area contributed by atoms with Gasteiger partial charge in [-0.25, -0.2) is 0 Å². The van der Waals surface area contributed by atoms with Crippen LogP contribution in [0.5, 0.6) is 0 Å². The molecule has 0 radical (unpaired) electrons. The van der Waals surface area contributed by atoms with Crippen LogP contribution < -0.4 is 11.1 Å². The quantitative estimate of drug-likeness (QED) is 0.736. The summed E-state index contributed by atoms with van der Waals surface area (Å²) in [7, 11) is 0. The molecule has 0 spiro atoms. The smallest absolute Gasteiger partial charge is 0.237 e. The zero-order valence-corrected chi connectivity index (χ0v) is 11.9. The van der Waals surface area contributed by atoms with E-state index in [9.17, 15) is 4.79 Å². The number of nitrogens with two attached hydrogens (primary N) is 1. The minimum atomic E-state index is -0.312. The summed E-state index contributed by atoms with van der Waals surface area (Å²) < 4.78 is 0. The average molecular weight is 258 g/mol. The van der Waals surface area contributed by atoms with E-state index in [0.717, 1.165) is 37.4 Å². The Morgan fingerprint density at radius 1 is 1.47 bits per heavy atom. The molecule has 1 amide bonds. The average Bonchev–Trinajstić information content (AvgIpc) is 2.74. The van der Waals surface area contributed by atoms with E-state index < -0.39 is 0 Å². The minimum absolute atomic E-state index is 0.0469. The highest BCUT2D eigenvalue weighted by atomic mass is 32.2. The van der Waals surface area contributed by atoms with Crippen molar-refractivity contribution < 1.29 is 4.79 Å². The lowest BCUT2D eigenvalue weighted by Crippen LogP contribution is -2.44. The lowest BCUT2D eigenvalue weighted by atomic mass is 10.1. The number of nitrogens with one attached hydrogen (secondary N) is 1. The van der Waals surface area contributed by atoms with Gasteiger partial charge in [-0.15, -0.1) is 0 Å². The van der Waals surface area contributed by atoms with E-state index in [-0.39, 0.29) is 11.9 Å². The first-order chi connectivity index (χ1) is 8.17. The topological polar surface area (TPSA) is 55.1 Å². The van der Waals surface area contributed by atoms with Crippen LogP contribution in [0.1, 0.15) is 52.4 Å². The lowest BCUT2D eigenvalue weighted by Gasteiger charge is -2.17. The van der Waals surface area contributed by atoms with Gasteiger partial charge in [0.2, 0.25) is 5.91 Å². The zero-order chi connectivity index (χ0) is 12.7. The fourth-order valence-electron chi connectivity index (χ4n) is 2.32. The van der Waals surface area contributed by atoms with Crippen LogP contribution in [0.2, 0.25) is 0 Å². The molecule has 3 nitrogen and oxygen atoms in total. The predicted octanol–water partition coefficient (Wildman–Crippen LogP) is 2.29. The Kier molecular flexibility index (Phi) is 6.97. The molecule has 1 rings (SSSR count). The van der Waals surface area contributed by atoms with Gasteiger partial charge in [0.1, 0.15) is 0 Å². The maximum absolute atomic E-state index is 11.8. The molecular weight excluding hydrogens is 232 g/mol. The van der Waals surface area contributed by atoms with Gasteiger partial charge >= 0.3 is 0 Å². The zero-order valence-electron chi connectivity index (χ0n) is 11.1. The van der Waals surface area contributed by atoms with Crippen LogP contribution in [0.15, 0.2) is 0 Å². The van der Waals surface area contributed by atoms with Crippen molar-refractivity contribution in [1.82, 2.24) is 5.32 Å². The van der Waals surface area contributed by atoms with Crippen molar-refractivity contribution in [1.29, 1.82) is 0 Å². The fraction of sp³-hybridized carbons (Fsp3) is 0.923. The highest BCUT2D eigenvalue weighted by molar-refractivity contribution is 7.99. The molecule has 0 aliphatic heterocycles. The lowest BCUT2D eigenvalue weighted by molar-refractivity contribution is -0.123. The van der Waals surface area contributed by atoms with Gasteiger partial charge < -0.3 is 11.1 Å². The SMILES string of the molecule is CCCC[C@H](N)C(=O)NC1CCC(SCC)C1. The van der Waals surface area contributed by atoms with Crippen molar-refractivity contribution in [2.24, 2.45) is 5.73 Å². The summed E-state index contributed by atoms with van der Waals surface area (Å²) in [5.41, 5.74) is 5.86. The third kappa shape index (κ3) is 5.30. The van der Waals surface area contributed by atoms with Crippen molar-refractivity contribution >= 4 is 17.7 Å². The minimum Gasteiger partial charge on any atom is -0.352 e. The first-order valence-corrected chi connectivity index (χ1v) is 7.89. The Morgan fingerprint density at radius 2 is 2.24 bits per heavy atom. The molecule has 1 aliphatic carbocycles. The number of carbonyl (C=O) groups excluding carboxylic acids is 1. The molecule has 3 atom stereocenters. The van der Waals surface area contributed by atoms with Crippen LogP contribution in [0, 0.1) is 0 Å². The first kappa shape index (κ1) is 14.8. The Bertz CT molecular complexity index is 235. The summed E-state index contributed by atoms with van der Waals surface area (Å²) in [6.07, 6.45) is 6.40. The number of amides is 1. The van der Waals surface area contributed by atoms with E-state index in [4.69, 9.17) is 5.73 Å². The molecule has 2 unspecified atom stereocenters. The molecular formula is C13H26N2OS. The highest BCUT2D eigenvalue weighted by Crippen LogP contribution is 2.29. The Morgan fingerprint density at radius 3 is 2.88 bits per heavy atom. The van der Waals surface area contributed by atoms with Crippen molar-refractivity contribution in [3.63, 3.8) is 0 Å². The van der Waals surface area contributed by atoms with Crippen LogP contribution >= 0.6 is 11.8 Å². The van der Waals surface area contributed by atoms with E-state index in [1.165, 1.54) is 12.2 Å². The molecule has 4 heteroatoms. The van der Waals surface area contributed by atoms with E-state index in [2.05, 4.69) is 19.2 Å². The van der Waals surface area contributed by atoms with Gasteiger partial charge in [-0.3, -0.25) is 4.79 Å². The normalized spacial score (nSPS) is 25.8. The van der Waals surface area contributed by atoms with E-state index in [1.54, 1.807) is 0 Å². The number of thioether (sulfide) groups is 1. The van der Waals surface area contributed by atoms with Crippen molar-refractivity contribution in [3.8, 4) is 0 Å². The summed E-state index contributed by atoms with van der Waals surface area (Å²) in [6.45, 7) is 4.31. The predicted molar refractivity (Wildman–Crippen MR) is 75.2 cm³/mol. The van der Waals surface area contributed by atoms with Gasteiger partial charge in [0.15, 0.2) is 0 Å². The number of hydrogen-bond acceptors (Lipinski definition) is 3. The molecule has 17 heavy (non-hydrogen) atoms. The van der Waals surface area contributed by atoms with Gasteiger partial charge in [-0.2, -0.15) is 11.8 Å². The third-order valence-electron chi connectivity index (χ3n) is 3.34. The van der Waals surface area contributed by atoms with Crippen LogP contribution in [-0.4, -0.2) is 29.0 Å². The Balaban J connectivity index is 2.23. The molecule has 1 fully saturated rings. The second-order valence-electron chi connectivity index (χ2n) is 4.84. The van der Waals surface area contributed by atoms with Gasteiger partial charge in [-0.05, 0) is 31.4 Å². The fourth-order valence-corrected chi connectivity index (χ4v) is 3.46. The molecule has 0 saturated heterocycles. The number of carbonyl (C=O) groups is 1. The van der Waals surface area contributed by atoms with E-state index in [1.807, 2.05) is 11.8 Å². The molecule has 0 bridgehead atoms. The number of hydrogen-bond donors (Lipinski definition) is 2. The van der Waals surface area contributed by atoms with E-state index in [0.29, 0.717) is 6.04 Å². The molecule has 0 aromatic heterocycles. The summed E-state index contributed by atoms with van der Waals surface area (Å²) in [5, 5.41) is 3.83. The van der Waals surface area contributed by atoms with E-state index >= 15 is 0 Å². The summed E-state index contributed by atoms with van der Waals surface area (Å²) in [4.78, 5) is 11.8. The van der Waals surface area contributed by atoms with Crippen molar-refractivity contribution in [2.45, 2.75) is 69.7 Å². The molecule has 3 N–H and O–H groups in total. The van der Waals surface area contributed by atoms with Crippen LogP contribution in [0.25, 0.3) is 0 Å². The summed E-state index contributed by atoms with van der Waals surface area (Å²) >= 11 is 2.01. The molecule has 0 heterocycles. The van der Waals surface area contributed by atoms with Crippen LogP contribution in [0.3, 0.4) is 0 Å². The van der Waals surface area contributed by atoms with Gasteiger partial charge in [0.05, 0.1) is 6.04 Å². The third-order valence-corrected chi connectivity index (χ3v) is 4.57. The first-order valence-electron chi connectivity index (χ1n) is 6.84. The Labute approximate surface area is 109 Å². The maximum Gasteiger partial charge on any atom is 0.237 e. The van der Waals surface area contributed by atoms with Crippen molar-refractivity contribution in [2.75, 3.05) is 5.75 Å². The second-order valence-corrected chi connectivity index (χ2v) is 6.42. The number of unbranched alkanes of at least 4 members (excludes halogenated alkanes) is 1. The van der Waals surface area contributed by atoms with Gasteiger partial charge in [-0.1, -0.05) is 26.7 Å². The summed E-state index contributed by atoms with van der Waals surface area (Å²) in [5.74, 6) is 1.21. The highest BCUT2D eigenvalue weighted by Gasteiger charge is 2.26.